The molecule has 1 aromatic carbocycles. The van der Waals surface area contributed by atoms with Crippen LogP contribution in [0, 0.1) is 0 Å². The van der Waals surface area contributed by atoms with E-state index in [1.807, 2.05) is 0 Å². The third kappa shape index (κ3) is 1.78. The van der Waals surface area contributed by atoms with Crippen LogP contribution in [0.15, 0.2) is 30.6 Å². The maximum atomic E-state index is 10.5. The van der Waals surface area contributed by atoms with Gasteiger partial charge in [-0.05, 0) is 12.1 Å². The Labute approximate surface area is 84.4 Å². The summed E-state index contributed by atoms with van der Waals surface area (Å²) in [5, 5.41) is 21.5. The van der Waals surface area contributed by atoms with Gasteiger partial charge >= 0.3 is 5.97 Å². The largest absolute Gasteiger partial charge is 0.508 e. The Hall–Kier alpha value is -2.37. The standard InChI is InChI=1S/C9H7N3O3/c13-7-3-1-2-6(4-7)12-5-10-8(11-12)9(14)15/h1-5,13H,(H,14,15). The van der Waals surface area contributed by atoms with Gasteiger partial charge in [0, 0.05) is 6.07 Å². The molecule has 0 fully saturated rings. The van der Waals surface area contributed by atoms with Crippen molar-refractivity contribution in [2.45, 2.75) is 0 Å². The van der Waals surface area contributed by atoms with Gasteiger partial charge in [0.25, 0.3) is 5.82 Å². The fraction of sp³-hybridized carbons (Fsp3) is 0. The molecule has 6 heteroatoms. The van der Waals surface area contributed by atoms with Crippen LogP contribution < -0.4 is 0 Å². The van der Waals surface area contributed by atoms with E-state index in [1.165, 1.54) is 23.1 Å². The molecule has 2 aromatic rings. The zero-order valence-corrected chi connectivity index (χ0v) is 7.53. The van der Waals surface area contributed by atoms with E-state index in [-0.39, 0.29) is 11.6 Å². The van der Waals surface area contributed by atoms with Crippen LogP contribution in [0.4, 0.5) is 0 Å². The van der Waals surface area contributed by atoms with Gasteiger partial charge in [-0.15, -0.1) is 5.10 Å². The summed E-state index contributed by atoms with van der Waals surface area (Å²) in [6.45, 7) is 0. The molecule has 0 saturated heterocycles. The van der Waals surface area contributed by atoms with E-state index in [1.54, 1.807) is 12.1 Å². The highest BCUT2D eigenvalue weighted by Crippen LogP contribution is 2.13. The maximum Gasteiger partial charge on any atom is 0.375 e. The summed E-state index contributed by atoms with van der Waals surface area (Å²) in [5.41, 5.74) is 0.551. The van der Waals surface area contributed by atoms with E-state index in [9.17, 15) is 9.90 Å². The molecule has 0 aliphatic rings. The summed E-state index contributed by atoms with van der Waals surface area (Å²) in [6, 6.07) is 6.28. The molecule has 0 amide bonds. The molecule has 1 heterocycles. The van der Waals surface area contributed by atoms with Crippen LogP contribution in [0.25, 0.3) is 5.69 Å². The van der Waals surface area contributed by atoms with E-state index in [2.05, 4.69) is 10.1 Å². The van der Waals surface area contributed by atoms with Gasteiger partial charge in [-0.3, -0.25) is 0 Å². The number of carboxylic acids is 1. The predicted octanol–water partition coefficient (Wildman–Crippen LogP) is 0.671. The molecule has 6 nitrogen and oxygen atoms in total. The lowest BCUT2D eigenvalue weighted by molar-refractivity contribution is 0.0683. The lowest BCUT2D eigenvalue weighted by Crippen LogP contribution is -2.01. The summed E-state index contributed by atoms with van der Waals surface area (Å²) in [4.78, 5) is 14.1. The minimum absolute atomic E-state index is 0.0832. The number of aromatic hydroxyl groups is 1. The molecule has 0 bridgehead atoms. The number of carboxylic acid groups (broad SMARTS) is 1. The van der Waals surface area contributed by atoms with Crippen LogP contribution in [-0.4, -0.2) is 30.9 Å². The number of carbonyl (C=O) groups is 1. The first kappa shape index (κ1) is 9.20. The van der Waals surface area contributed by atoms with Crippen LogP contribution in [-0.2, 0) is 0 Å². The number of aromatic nitrogens is 3. The number of aromatic carboxylic acids is 1. The molecule has 0 atom stereocenters. The van der Waals surface area contributed by atoms with E-state index < -0.39 is 5.97 Å². The Morgan fingerprint density at radius 2 is 2.20 bits per heavy atom. The fourth-order valence-electron chi connectivity index (χ4n) is 1.12. The highest BCUT2D eigenvalue weighted by Gasteiger charge is 2.09. The minimum atomic E-state index is -1.19. The number of rotatable bonds is 2. The first-order valence-corrected chi connectivity index (χ1v) is 4.11. The zero-order chi connectivity index (χ0) is 10.8. The van der Waals surface area contributed by atoms with Crippen LogP contribution in [0.2, 0.25) is 0 Å². The smallest absolute Gasteiger partial charge is 0.375 e. The van der Waals surface area contributed by atoms with Crippen molar-refractivity contribution >= 4 is 5.97 Å². The second-order valence-electron chi connectivity index (χ2n) is 2.84. The number of hydrogen-bond acceptors (Lipinski definition) is 4. The highest BCUT2D eigenvalue weighted by atomic mass is 16.4. The SMILES string of the molecule is O=C(O)c1ncn(-c2cccc(O)c2)n1. The van der Waals surface area contributed by atoms with E-state index in [0.717, 1.165) is 0 Å². The number of benzene rings is 1. The fourth-order valence-corrected chi connectivity index (χ4v) is 1.12. The molecule has 2 rings (SSSR count). The van der Waals surface area contributed by atoms with Gasteiger partial charge in [0.2, 0.25) is 0 Å². The van der Waals surface area contributed by atoms with Crippen molar-refractivity contribution in [3.05, 3.63) is 36.4 Å². The monoisotopic (exact) mass is 205 g/mol. The molecular weight excluding hydrogens is 198 g/mol. The summed E-state index contributed by atoms with van der Waals surface area (Å²) in [5.74, 6) is -1.38. The summed E-state index contributed by atoms with van der Waals surface area (Å²) in [7, 11) is 0. The normalized spacial score (nSPS) is 10.1. The van der Waals surface area contributed by atoms with Crippen molar-refractivity contribution in [1.29, 1.82) is 0 Å². The molecule has 76 valence electrons. The van der Waals surface area contributed by atoms with E-state index >= 15 is 0 Å². The predicted molar refractivity (Wildman–Crippen MR) is 50.0 cm³/mol. The van der Waals surface area contributed by atoms with Gasteiger partial charge in [-0.1, -0.05) is 6.07 Å². The summed E-state index contributed by atoms with van der Waals surface area (Å²) >= 11 is 0. The topological polar surface area (TPSA) is 88.2 Å². The lowest BCUT2D eigenvalue weighted by atomic mass is 10.3. The van der Waals surface area contributed by atoms with Gasteiger partial charge in [0.1, 0.15) is 12.1 Å². The molecule has 15 heavy (non-hydrogen) atoms. The third-order valence-corrected chi connectivity index (χ3v) is 1.78. The highest BCUT2D eigenvalue weighted by molar-refractivity contribution is 5.82. The van der Waals surface area contributed by atoms with Crippen molar-refractivity contribution in [3.63, 3.8) is 0 Å². The zero-order valence-electron chi connectivity index (χ0n) is 7.53. The first-order chi connectivity index (χ1) is 7.16. The Morgan fingerprint density at radius 1 is 1.40 bits per heavy atom. The number of phenolic OH excluding ortho intramolecular Hbond substituents is 1. The second kappa shape index (κ2) is 3.41. The van der Waals surface area contributed by atoms with Crippen molar-refractivity contribution in [1.82, 2.24) is 14.8 Å². The average Bonchev–Trinajstić information content (AvgIpc) is 2.66. The van der Waals surface area contributed by atoms with Gasteiger partial charge < -0.3 is 10.2 Å². The van der Waals surface area contributed by atoms with Gasteiger partial charge in [-0.25, -0.2) is 14.5 Å². The van der Waals surface area contributed by atoms with Crippen LogP contribution in [0.3, 0.4) is 0 Å². The molecular formula is C9H7N3O3. The van der Waals surface area contributed by atoms with Crippen molar-refractivity contribution in [3.8, 4) is 11.4 Å². The second-order valence-corrected chi connectivity index (χ2v) is 2.84. The van der Waals surface area contributed by atoms with E-state index in [4.69, 9.17) is 5.11 Å². The third-order valence-electron chi connectivity index (χ3n) is 1.78. The molecule has 0 unspecified atom stereocenters. The first-order valence-electron chi connectivity index (χ1n) is 4.11. The molecule has 0 radical (unpaired) electrons. The molecule has 0 saturated carbocycles. The van der Waals surface area contributed by atoms with Gasteiger partial charge in [0.15, 0.2) is 0 Å². The Balaban J connectivity index is 2.41. The van der Waals surface area contributed by atoms with Crippen molar-refractivity contribution < 1.29 is 15.0 Å². The van der Waals surface area contributed by atoms with Crippen molar-refractivity contribution in [2.75, 3.05) is 0 Å². The molecule has 2 N–H and O–H groups in total. The summed E-state index contributed by atoms with van der Waals surface area (Å²) < 4.78 is 1.28. The molecule has 0 spiro atoms. The summed E-state index contributed by atoms with van der Waals surface area (Å²) in [6.07, 6.45) is 1.28. The number of hydrogen-bond donors (Lipinski definition) is 2. The minimum Gasteiger partial charge on any atom is -0.508 e. The Bertz CT molecular complexity index is 507. The molecule has 0 aliphatic carbocycles. The van der Waals surface area contributed by atoms with Crippen molar-refractivity contribution in [2.24, 2.45) is 0 Å². The Morgan fingerprint density at radius 3 is 2.80 bits per heavy atom. The van der Waals surface area contributed by atoms with Crippen LogP contribution in [0.1, 0.15) is 10.6 Å². The number of nitrogens with zero attached hydrogens (tertiary/aromatic N) is 3. The van der Waals surface area contributed by atoms with E-state index in [0.29, 0.717) is 5.69 Å². The molecule has 0 aliphatic heterocycles. The van der Waals surface area contributed by atoms with Gasteiger partial charge in [-0.2, -0.15) is 0 Å². The van der Waals surface area contributed by atoms with Crippen LogP contribution >= 0.6 is 0 Å². The number of phenols is 1. The van der Waals surface area contributed by atoms with Crippen LogP contribution in [0.5, 0.6) is 5.75 Å². The Kier molecular flexibility index (Phi) is 2.09. The maximum absolute atomic E-state index is 10.5. The molecule has 1 aromatic heterocycles. The lowest BCUT2D eigenvalue weighted by Gasteiger charge is -1.99. The quantitative estimate of drug-likeness (QED) is 0.752. The average molecular weight is 205 g/mol. The van der Waals surface area contributed by atoms with Gasteiger partial charge in [0.05, 0.1) is 5.69 Å².